The largest absolute Gasteiger partial charge is 0.363 e. The maximum atomic E-state index is 4.27. The zero-order valence-electron chi connectivity index (χ0n) is 7.09. The van der Waals surface area contributed by atoms with Crippen LogP contribution in [0.15, 0.2) is 0 Å². The van der Waals surface area contributed by atoms with E-state index in [9.17, 15) is 0 Å². The summed E-state index contributed by atoms with van der Waals surface area (Å²) in [5.41, 5.74) is 0. The van der Waals surface area contributed by atoms with Gasteiger partial charge in [-0.05, 0) is 5.92 Å². The first-order valence-electron chi connectivity index (χ1n) is 3.72. The van der Waals surface area contributed by atoms with Gasteiger partial charge in [-0.25, -0.2) is 4.98 Å². The highest BCUT2D eigenvalue weighted by Crippen LogP contribution is 2.12. The van der Waals surface area contributed by atoms with Gasteiger partial charge in [0, 0.05) is 25.0 Å². The van der Waals surface area contributed by atoms with Gasteiger partial charge in [-0.2, -0.15) is 4.37 Å². The fourth-order valence-corrected chi connectivity index (χ4v) is 1.35. The van der Waals surface area contributed by atoms with Crippen LogP contribution >= 0.6 is 11.5 Å². The van der Waals surface area contributed by atoms with Crippen molar-refractivity contribution in [2.75, 3.05) is 12.4 Å². The van der Waals surface area contributed by atoms with Gasteiger partial charge >= 0.3 is 0 Å². The second kappa shape index (κ2) is 3.67. The van der Waals surface area contributed by atoms with E-state index in [2.05, 4.69) is 28.5 Å². The molecule has 0 fully saturated rings. The summed E-state index contributed by atoms with van der Waals surface area (Å²) < 4.78 is 4.20. The molecule has 0 aromatic carbocycles. The highest BCUT2D eigenvalue weighted by Gasteiger charge is 2.03. The quantitative estimate of drug-likeness (QED) is 0.753. The van der Waals surface area contributed by atoms with E-state index in [1.807, 2.05) is 7.05 Å². The predicted molar refractivity (Wildman–Crippen MR) is 48.0 cm³/mol. The lowest BCUT2D eigenvalue weighted by molar-refractivity contribution is 0.627. The molecule has 0 unspecified atom stereocenters. The van der Waals surface area contributed by atoms with Gasteiger partial charge in [0.05, 0.1) is 0 Å². The molecule has 0 aliphatic heterocycles. The molecule has 0 saturated heterocycles. The van der Waals surface area contributed by atoms with E-state index in [0.717, 1.165) is 17.4 Å². The van der Waals surface area contributed by atoms with E-state index in [0.29, 0.717) is 5.92 Å². The fourth-order valence-electron chi connectivity index (χ4n) is 0.804. The molecule has 62 valence electrons. The lowest BCUT2D eigenvalue weighted by Crippen LogP contribution is -1.96. The molecule has 0 atom stereocenters. The van der Waals surface area contributed by atoms with Crippen LogP contribution in [0.4, 0.5) is 5.13 Å². The van der Waals surface area contributed by atoms with Crippen LogP contribution in [0.5, 0.6) is 0 Å². The fraction of sp³-hybridized carbons (Fsp3) is 0.714. The van der Waals surface area contributed by atoms with Crippen molar-refractivity contribution in [1.29, 1.82) is 0 Å². The molecule has 1 aromatic rings. The first-order chi connectivity index (χ1) is 5.22. The molecule has 0 saturated carbocycles. The molecule has 1 heterocycles. The summed E-state index contributed by atoms with van der Waals surface area (Å²) in [6.45, 7) is 4.33. The van der Waals surface area contributed by atoms with E-state index in [1.54, 1.807) is 0 Å². The molecule has 1 N–H and O–H groups in total. The Hall–Kier alpha value is -0.640. The van der Waals surface area contributed by atoms with Crippen LogP contribution in [-0.4, -0.2) is 16.4 Å². The van der Waals surface area contributed by atoms with Crippen LogP contribution in [-0.2, 0) is 6.42 Å². The van der Waals surface area contributed by atoms with Crippen LogP contribution in [0.3, 0.4) is 0 Å². The molecule has 0 amide bonds. The summed E-state index contributed by atoms with van der Waals surface area (Å²) in [6.07, 6.45) is 0.970. The average molecular weight is 171 g/mol. The van der Waals surface area contributed by atoms with Crippen LogP contribution in [0.1, 0.15) is 19.7 Å². The summed E-state index contributed by atoms with van der Waals surface area (Å²) >= 11 is 1.42. The van der Waals surface area contributed by atoms with Crippen molar-refractivity contribution in [2.24, 2.45) is 5.92 Å². The van der Waals surface area contributed by atoms with Crippen LogP contribution in [0, 0.1) is 5.92 Å². The van der Waals surface area contributed by atoms with Crippen LogP contribution in [0.2, 0.25) is 0 Å². The molecule has 0 aliphatic carbocycles. The van der Waals surface area contributed by atoms with E-state index < -0.39 is 0 Å². The Kier molecular flexibility index (Phi) is 2.82. The van der Waals surface area contributed by atoms with Gasteiger partial charge < -0.3 is 5.32 Å². The molecule has 11 heavy (non-hydrogen) atoms. The molecule has 1 aromatic heterocycles. The van der Waals surface area contributed by atoms with Gasteiger partial charge in [0.2, 0.25) is 5.13 Å². The van der Waals surface area contributed by atoms with Gasteiger partial charge in [-0.3, -0.25) is 0 Å². The third kappa shape index (κ3) is 2.46. The normalized spacial score (nSPS) is 10.5. The molecule has 3 nitrogen and oxygen atoms in total. The summed E-state index contributed by atoms with van der Waals surface area (Å²) in [6, 6.07) is 0. The minimum absolute atomic E-state index is 0.634. The van der Waals surface area contributed by atoms with Gasteiger partial charge in [-0.15, -0.1) is 0 Å². The zero-order chi connectivity index (χ0) is 8.27. The maximum Gasteiger partial charge on any atom is 0.202 e. The third-order valence-corrected chi connectivity index (χ3v) is 2.04. The Morgan fingerprint density at radius 1 is 1.55 bits per heavy atom. The van der Waals surface area contributed by atoms with Gasteiger partial charge in [0.15, 0.2) is 0 Å². The Morgan fingerprint density at radius 2 is 2.27 bits per heavy atom. The minimum Gasteiger partial charge on any atom is -0.363 e. The lowest BCUT2D eigenvalue weighted by Gasteiger charge is -1.97. The summed E-state index contributed by atoms with van der Waals surface area (Å²) in [5, 5.41) is 3.87. The zero-order valence-corrected chi connectivity index (χ0v) is 7.90. The number of hydrogen-bond donors (Lipinski definition) is 1. The van der Waals surface area contributed by atoms with Gasteiger partial charge in [0.1, 0.15) is 5.82 Å². The van der Waals surface area contributed by atoms with Crippen molar-refractivity contribution < 1.29 is 0 Å². The first-order valence-corrected chi connectivity index (χ1v) is 4.50. The number of anilines is 1. The molecular weight excluding hydrogens is 158 g/mol. The van der Waals surface area contributed by atoms with Crippen molar-refractivity contribution in [3.8, 4) is 0 Å². The van der Waals surface area contributed by atoms with Crippen molar-refractivity contribution in [3.05, 3.63) is 5.82 Å². The number of nitrogens with zero attached hydrogens (tertiary/aromatic N) is 2. The Bertz CT molecular complexity index is 219. The molecule has 0 spiro atoms. The molecular formula is C7H13N3S. The number of rotatable bonds is 3. The lowest BCUT2D eigenvalue weighted by atomic mass is 10.1. The Balaban J connectivity index is 2.58. The average Bonchev–Trinajstić information content (AvgIpc) is 2.34. The van der Waals surface area contributed by atoms with Crippen molar-refractivity contribution in [2.45, 2.75) is 20.3 Å². The topological polar surface area (TPSA) is 37.8 Å². The molecule has 4 heteroatoms. The third-order valence-electron chi connectivity index (χ3n) is 1.27. The number of hydrogen-bond acceptors (Lipinski definition) is 4. The molecule has 0 aliphatic rings. The van der Waals surface area contributed by atoms with Gasteiger partial charge in [-0.1, -0.05) is 13.8 Å². The Morgan fingerprint density at radius 3 is 2.73 bits per heavy atom. The second-order valence-electron chi connectivity index (χ2n) is 2.86. The molecule has 0 bridgehead atoms. The predicted octanol–water partition coefficient (Wildman–Crippen LogP) is 1.78. The second-order valence-corrected chi connectivity index (χ2v) is 3.62. The Labute approximate surface area is 71.0 Å². The summed E-state index contributed by atoms with van der Waals surface area (Å²) in [5.74, 6) is 1.59. The van der Waals surface area contributed by atoms with Crippen LogP contribution in [0.25, 0.3) is 0 Å². The first kappa shape index (κ1) is 8.46. The standard InChI is InChI=1S/C7H13N3S/c1-5(2)4-6-9-7(8-3)11-10-6/h5H,4H2,1-3H3,(H,8,9,10). The van der Waals surface area contributed by atoms with Crippen LogP contribution < -0.4 is 5.32 Å². The monoisotopic (exact) mass is 171 g/mol. The number of nitrogens with one attached hydrogen (secondary N) is 1. The highest BCUT2D eigenvalue weighted by molar-refractivity contribution is 7.09. The minimum atomic E-state index is 0.634. The maximum absolute atomic E-state index is 4.27. The van der Waals surface area contributed by atoms with Crippen molar-refractivity contribution in [1.82, 2.24) is 9.36 Å². The summed E-state index contributed by atoms with van der Waals surface area (Å²) in [7, 11) is 1.86. The van der Waals surface area contributed by atoms with Crippen molar-refractivity contribution >= 4 is 16.7 Å². The summed E-state index contributed by atoms with van der Waals surface area (Å²) in [4.78, 5) is 4.27. The number of aromatic nitrogens is 2. The molecule has 0 radical (unpaired) electrons. The van der Waals surface area contributed by atoms with E-state index in [1.165, 1.54) is 11.5 Å². The van der Waals surface area contributed by atoms with Crippen molar-refractivity contribution in [3.63, 3.8) is 0 Å². The van der Waals surface area contributed by atoms with Gasteiger partial charge in [0.25, 0.3) is 0 Å². The smallest absolute Gasteiger partial charge is 0.202 e. The molecule has 1 rings (SSSR count). The van der Waals surface area contributed by atoms with E-state index in [4.69, 9.17) is 0 Å². The highest BCUT2D eigenvalue weighted by atomic mass is 32.1. The van der Waals surface area contributed by atoms with E-state index in [-0.39, 0.29) is 0 Å². The van der Waals surface area contributed by atoms with E-state index >= 15 is 0 Å². The SMILES string of the molecule is CNc1nc(CC(C)C)ns1.